The number of rotatable bonds is 7. The highest BCUT2D eigenvalue weighted by atomic mass is 32.2. The summed E-state index contributed by atoms with van der Waals surface area (Å²) in [7, 11) is -3.75. The van der Waals surface area contributed by atoms with Crippen LogP contribution in [-0.2, 0) is 14.8 Å². The molecule has 168 valence electrons. The van der Waals surface area contributed by atoms with Crippen molar-refractivity contribution in [1.82, 2.24) is 0 Å². The van der Waals surface area contributed by atoms with Gasteiger partial charge in [0.2, 0.25) is 0 Å². The van der Waals surface area contributed by atoms with Crippen molar-refractivity contribution >= 4 is 27.3 Å². The van der Waals surface area contributed by atoms with E-state index in [1.807, 2.05) is 58.0 Å². The lowest BCUT2D eigenvalue weighted by Crippen LogP contribution is -2.30. The van der Waals surface area contributed by atoms with Crippen LogP contribution in [0.2, 0.25) is 0 Å². The number of ether oxygens (including phenoxy) is 1. The average Bonchev–Trinajstić information content (AvgIpc) is 2.73. The Kier molecular flexibility index (Phi) is 6.89. The predicted molar refractivity (Wildman–Crippen MR) is 128 cm³/mol. The van der Waals surface area contributed by atoms with Crippen LogP contribution in [0.3, 0.4) is 0 Å². The van der Waals surface area contributed by atoms with E-state index in [9.17, 15) is 13.2 Å². The molecule has 0 saturated carbocycles. The van der Waals surface area contributed by atoms with Gasteiger partial charge in [-0.2, -0.15) is 0 Å². The zero-order valence-corrected chi connectivity index (χ0v) is 19.7. The molecule has 0 fully saturated rings. The maximum Gasteiger partial charge on any atom is 0.265 e. The number of sulfonamides is 1. The minimum atomic E-state index is -3.75. The van der Waals surface area contributed by atoms with Crippen molar-refractivity contribution in [2.45, 2.75) is 45.6 Å². The molecule has 0 spiro atoms. The molecule has 0 bridgehead atoms. The molecule has 1 amide bonds. The van der Waals surface area contributed by atoms with Gasteiger partial charge in [0, 0.05) is 5.69 Å². The number of anilines is 2. The van der Waals surface area contributed by atoms with Crippen LogP contribution in [-0.4, -0.2) is 20.4 Å². The highest BCUT2D eigenvalue weighted by molar-refractivity contribution is 7.92. The quantitative estimate of drug-likeness (QED) is 0.521. The van der Waals surface area contributed by atoms with E-state index >= 15 is 0 Å². The zero-order chi connectivity index (χ0) is 23.5. The van der Waals surface area contributed by atoms with E-state index in [2.05, 4.69) is 10.0 Å². The predicted octanol–water partition coefficient (Wildman–Crippen LogP) is 5.13. The van der Waals surface area contributed by atoms with Gasteiger partial charge in [-0.1, -0.05) is 23.8 Å². The summed E-state index contributed by atoms with van der Waals surface area (Å²) < 4.78 is 33.8. The van der Waals surface area contributed by atoms with Gasteiger partial charge in [0.25, 0.3) is 15.9 Å². The normalized spacial score (nSPS) is 12.2. The highest BCUT2D eigenvalue weighted by Crippen LogP contribution is 2.22. The summed E-state index contributed by atoms with van der Waals surface area (Å²) >= 11 is 0. The SMILES string of the molecule is Cc1ccc(NS(=O)(=O)c2ccc(NC(=O)[C@H](C)Oc3ccc(C)c(C)c3)cc2)c(C)c1. The summed E-state index contributed by atoms with van der Waals surface area (Å²) in [5, 5.41) is 2.75. The standard InChI is InChI=1S/C25H28N2O4S/c1-16-6-13-24(19(4)14-16)27-32(29,30)23-11-8-21(9-12-23)26-25(28)20(5)31-22-10-7-17(2)18(3)15-22/h6-15,20,27H,1-5H3,(H,26,28)/t20-/m0/s1. The van der Waals surface area contributed by atoms with Gasteiger partial charge in [0.1, 0.15) is 5.75 Å². The first-order valence-electron chi connectivity index (χ1n) is 10.3. The molecule has 0 aliphatic heterocycles. The summed E-state index contributed by atoms with van der Waals surface area (Å²) in [4.78, 5) is 12.6. The van der Waals surface area contributed by atoms with Crippen LogP contribution < -0.4 is 14.8 Å². The van der Waals surface area contributed by atoms with Crippen LogP contribution in [0.25, 0.3) is 0 Å². The second-order valence-corrected chi connectivity index (χ2v) is 9.63. The summed E-state index contributed by atoms with van der Waals surface area (Å²) in [5.41, 5.74) is 5.15. The third-order valence-electron chi connectivity index (χ3n) is 5.22. The van der Waals surface area contributed by atoms with Crippen LogP contribution in [0.1, 0.15) is 29.2 Å². The maximum atomic E-state index is 12.7. The summed E-state index contributed by atoms with van der Waals surface area (Å²) in [6.45, 7) is 9.46. The molecule has 3 rings (SSSR count). The fourth-order valence-corrected chi connectivity index (χ4v) is 4.27. The fraction of sp³-hybridized carbons (Fsp3) is 0.240. The topological polar surface area (TPSA) is 84.5 Å². The lowest BCUT2D eigenvalue weighted by atomic mass is 10.1. The monoisotopic (exact) mass is 452 g/mol. The second kappa shape index (κ2) is 9.44. The molecule has 7 heteroatoms. The number of carbonyl (C=O) groups is 1. The Morgan fingerprint density at radius 1 is 0.844 bits per heavy atom. The lowest BCUT2D eigenvalue weighted by Gasteiger charge is -2.16. The number of carbonyl (C=O) groups excluding carboxylic acids is 1. The van der Waals surface area contributed by atoms with Crippen molar-refractivity contribution < 1.29 is 17.9 Å². The Bertz CT molecular complexity index is 1240. The van der Waals surface area contributed by atoms with Crippen LogP contribution in [0.5, 0.6) is 5.75 Å². The number of benzene rings is 3. The minimum Gasteiger partial charge on any atom is -0.481 e. The van der Waals surface area contributed by atoms with E-state index in [1.54, 1.807) is 25.1 Å². The molecule has 0 aliphatic carbocycles. The molecule has 32 heavy (non-hydrogen) atoms. The number of aryl methyl sites for hydroxylation is 4. The number of hydrogen-bond donors (Lipinski definition) is 2. The van der Waals surface area contributed by atoms with Gasteiger partial charge >= 0.3 is 0 Å². The summed E-state index contributed by atoms with van der Waals surface area (Å²) in [6.07, 6.45) is -0.716. The second-order valence-electron chi connectivity index (χ2n) is 7.94. The Labute approximate surface area is 189 Å². The molecular weight excluding hydrogens is 424 g/mol. The molecule has 0 saturated heterocycles. The van der Waals surface area contributed by atoms with Crippen LogP contribution in [0, 0.1) is 27.7 Å². The van der Waals surface area contributed by atoms with Crippen molar-refractivity contribution in [3.63, 3.8) is 0 Å². The number of hydrogen-bond acceptors (Lipinski definition) is 4. The van der Waals surface area contributed by atoms with Crippen molar-refractivity contribution in [2.75, 3.05) is 10.0 Å². The van der Waals surface area contributed by atoms with Crippen molar-refractivity contribution in [2.24, 2.45) is 0 Å². The van der Waals surface area contributed by atoms with Gasteiger partial charge in [-0.05, 0) is 93.8 Å². The van der Waals surface area contributed by atoms with Gasteiger partial charge < -0.3 is 10.1 Å². The van der Waals surface area contributed by atoms with Gasteiger partial charge in [0.05, 0.1) is 10.6 Å². The molecule has 1 atom stereocenters. The molecule has 2 N–H and O–H groups in total. The third-order valence-corrected chi connectivity index (χ3v) is 6.60. The van der Waals surface area contributed by atoms with Gasteiger partial charge in [-0.15, -0.1) is 0 Å². The largest absolute Gasteiger partial charge is 0.481 e. The molecule has 6 nitrogen and oxygen atoms in total. The Balaban J connectivity index is 1.65. The van der Waals surface area contributed by atoms with Gasteiger partial charge in [-0.25, -0.2) is 8.42 Å². The van der Waals surface area contributed by atoms with Crippen molar-refractivity contribution in [3.8, 4) is 5.75 Å². The zero-order valence-electron chi connectivity index (χ0n) is 18.9. The molecule has 3 aromatic rings. The molecule has 0 radical (unpaired) electrons. The average molecular weight is 453 g/mol. The van der Waals surface area contributed by atoms with Gasteiger partial charge in [-0.3, -0.25) is 9.52 Å². The number of amides is 1. The molecule has 0 heterocycles. The van der Waals surface area contributed by atoms with Crippen molar-refractivity contribution in [3.05, 3.63) is 82.9 Å². The molecule has 3 aromatic carbocycles. The summed E-state index contributed by atoms with van der Waals surface area (Å²) in [6, 6.07) is 17.2. The Morgan fingerprint density at radius 2 is 1.53 bits per heavy atom. The van der Waals surface area contributed by atoms with E-state index in [0.29, 0.717) is 17.1 Å². The first-order chi connectivity index (χ1) is 15.0. The van der Waals surface area contributed by atoms with Crippen LogP contribution in [0.4, 0.5) is 11.4 Å². The third kappa shape index (κ3) is 5.68. The maximum absolute atomic E-state index is 12.7. The highest BCUT2D eigenvalue weighted by Gasteiger charge is 2.18. The van der Waals surface area contributed by atoms with E-state index in [4.69, 9.17) is 4.74 Å². The summed E-state index contributed by atoms with van der Waals surface area (Å²) in [5.74, 6) is 0.293. The Morgan fingerprint density at radius 3 is 2.16 bits per heavy atom. The van der Waals surface area contributed by atoms with Crippen LogP contribution >= 0.6 is 0 Å². The number of nitrogens with one attached hydrogen (secondary N) is 2. The minimum absolute atomic E-state index is 0.106. The molecular formula is C25H28N2O4S. The first-order valence-corrected chi connectivity index (χ1v) is 11.8. The lowest BCUT2D eigenvalue weighted by molar-refractivity contribution is -0.122. The fourth-order valence-electron chi connectivity index (χ4n) is 3.14. The molecule has 0 unspecified atom stereocenters. The Hall–Kier alpha value is -3.32. The van der Waals surface area contributed by atoms with Gasteiger partial charge in [0.15, 0.2) is 6.10 Å². The smallest absolute Gasteiger partial charge is 0.265 e. The molecule has 0 aromatic heterocycles. The van der Waals surface area contributed by atoms with E-state index in [1.165, 1.54) is 12.1 Å². The first kappa shape index (κ1) is 23.3. The molecule has 0 aliphatic rings. The van der Waals surface area contributed by atoms with Crippen LogP contribution in [0.15, 0.2) is 65.6 Å². The van der Waals surface area contributed by atoms with E-state index < -0.39 is 16.1 Å². The van der Waals surface area contributed by atoms with E-state index in [0.717, 1.165) is 22.3 Å². The van der Waals surface area contributed by atoms with Crippen molar-refractivity contribution in [1.29, 1.82) is 0 Å². The van der Waals surface area contributed by atoms with E-state index in [-0.39, 0.29) is 10.8 Å².